The molecule has 0 bridgehead atoms. The summed E-state index contributed by atoms with van der Waals surface area (Å²) in [4.78, 5) is 25.0. The van der Waals surface area contributed by atoms with Crippen molar-refractivity contribution >= 4 is 20.5 Å². The second-order valence-electron chi connectivity index (χ2n) is 7.90. The van der Waals surface area contributed by atoms with Crippen LogP contribution in [0.1, 0.15) is 47.9 Å². The number of amides is 1. The number of halogens is 1. The molecule has 4 nitrogen and oxygen atoms in total. The molecule has 0 radical (unpaired) electrons. The maximum absolute atomic E-state index is 13.9. The van der Waals surface area contributed by atoms with E-state index in [2.05, 4.69) is 33.9 Å². The molecule has 1 saturated heterocycles. The molecule has 1 fully saturated rings. The van der Waals surface area contributed by atoms with E-state index in [1.54, 1.807) is 4.90 Å². The second-order valence-corrected chi connectivity index (χ2v) is 12.7. The summed E-state index contributed by atoms with van der Waals surface area (Å²) in [5.41, 5.74) is 0.251. The van der Waals surface area contributed by atoms with Crippen LogP contribution in [0.25, 0.3) is 0 Å². The molecule has 1 aromatic rings. The van der Waals surface area contributed by atoms with Gasteiger partial charge in [0.2, 0.25) is 0 Å². The summed E-state index contributed by atoms with van der Waals surface area (Å²) < 4.78 is 20.3. The standard InChI is InChI=1S/C18H26FNO3Si/c1-18(2,3)24(4,5)23-14-8-9-20(11-14)17(22)15-10-13(12-21)6-7-16(15)19/h6-7,10,12,14H,8-9,11H2,1-5H3/t14-/m0/s1. The molecule has 0 saturated carbocycles. The molecule has 0 unspecified atom stereocenters. The summed E-state index contributed by atoms with van der Waals surface area (Å²) in [7, 11) is -1.90. The van der Waals surface area contributed by atoms with Crippen LogP contribution < -0.4 is 0 Å². The Hall–Kier alpha value is -1.53. The molecule has 132 valence electrons. The van der Waals surface area contributed by atoms with Gasteiger partial charge in [0.1, 0.15) is 12.1 Å². The lowest BCUT2D eigenvalue weighted by Crippen LogP contribution is -2.44. The minimum absolute atomic E-state index is 0.00726. The Morgan fingerprint density at radius 3 is 2.62 bits per heavy atom. The van der Waals surface area contributed by atoms with Crippen molar-refractivity contribution in [3.8, 4) is 0 Å². The first kappa shape index (κ1) is 18.8. The molecule has 0 aliphatic carbocycles. The van der Waals surface area contributed by atoms with Crippen LogP contribution in [0.15, 0.2) is 18.2 Å². The Labute approximate surface area is 144 Å². The fourth-order valence-electron chi connectivity index (χ4n) is 2.55. The number of aldehydes is 1. The van der Waals surface area contributed by atoms with Gasteiger partial charge in [0.15, 0.2) is 8.32 Å². The van der Waals surface area contributed by atoms with E-state index in [0.717, 1.165) is 12.5 Å². The maximum Gasteiger partial charge on any atom is 0.256 e. The SMILES string of the molecule is CC(C)(C)[Si](C)(C)O[C@H]1CCN(C(=O)c2cc(C=O)ccc2F)C1. The largest absolute Gasteiger partial charge is 0.412 e. The third kappa shape index (κ3) is 3.92. The fourth-order valence-corrected chi connectivity index (χ4v) is 3.93. The van der Waals surface area contributed by atoms with Crippen molar-refractivity contribution in [1.82, 2.24) is 4.90 Å². The lowest BCUT2D eigenvalue weighted by atomic mass is 10.1. The molecule has 0 N–H and O–H groups in total. The molecule has 1 aromatic carbocycles. The third-order valence-corrected chi connectivity index (χ3v) is 9.59. The average molecular weight is 351 g/mol. The first-order valence-electron chi connectivity index (χ1n) is 8.27. The second kappa shape index (κ2) is 6.76. The van der Waals surface area contributed by atoms with Gasteiger partial charge in [0.05, 0.1) is 11.7 Å². The van der Waals surface area contributed by atoms with Crippen molar-refractivity contribution in [3.63, 3.8) is 0 Å². The van der Waals surface area contributed by atoms with Crippen LogP contribution in [0.2, 0.25) is 18.1 Å². The first-order chi connectivity index (χ1) is 11.0. The van der Waals surface area contributed by atoms with Gasteiger partial charge in [-0.2, -0.15) is 0 Å². The van der Waals surface area contributed by atoms with E-state index in [1.165, 1.54) is 12.1 Å². The Balaban J connectivity index is 2.08. The van der Waals surface area contributed by atoms with Gasteiger partial charge < -0.3 is 9.33 Å². The molecule has 1 atom stereocenters. The van der Waals surface area contributed by atoms with Crippen LogP contribution in [0.3, 0.4) is 0 Å². The van der Waals surface area contributed by atoms with Crippen LogP contribution >= 0.6 is 0 Å². The molecule has 0 spiro atoms. The molecule has 0 aromatic heterocycles. The van der Waals surface area contributed by atoms with Crippen molar-refractivity contribution in [1.29, 1.82) is 0 Å². The Bertz CT molecular complexity index is 640. The van der Waals surface area contributed by atoms with Gasteiger partial charge in [-0.1, -0.05) is 20.8 Å². The van der Waals surface area contributed by atoms with Crippen molar-refractivity contribution in [2.24, 2.45) is 0 Å². The van der Waals surface area contributed by atoms with Crippen molar-refractivity contribution in [2.45, 2.75) is 51.4 Å². The fraction of sp³-hybridized carbons (Fsp3) is 0.556. The Kier molecular flexibility index (Phi) is 5.30. The van der Waals surface area contributed by atoms with Crippen molar-refractivity contribution < 1.29 is 18.4 Å². The van der Waals surface area contributed by atoms with Crippen LogP contribution in [0.4, 0.5) is 4.39 Å². The zero-order valence-electron chi connectivity index (χ0n) is 15.1. The van der Waals surface area contributed by atoms with Gasteiger partial charge in [-0.05, 0) is 42.8 Å². The maximum atomic E-state index is 13.9. The number of carbonyl (C=O) groups is 2. The van der Waals surface area contributed by atoms with E-state index in [0.29, 0.717) is 24.9 Å². The summed E-state index contributed by atoms with van der Waals surface area (Å²) in [5.74, 6) is -0.975. The van der Waals surface area contributed by atoms with Gasteiger partial charge in [-0.25, -0.2) is 4.39 Å². The number of hydrogen-bond acceptors (Lipinski definition) is 3. The predicted octanol–water partition coefficient (Wildman–Crippen LogP) is 3.87. The minimum atomic E-state index is -1.90. The third-order valence-electron chi connectivity index (χ3n) is 5.06. The monoisotopic (exact) mass is 351 g/mol. The number of benzene rings is 1. The smallest absolute Gasteiger partial charge is 0.256 e. The molecule has 1 aliphatic rings. The summed E-state index contributed by atoms with van der Waals surface area (Å²) >= 11 is 0. The minimum Gasteiger partial charge on any atom is -0.412 e. The lowest BCUT2D eigenvalue weighted by molar-refractivity contribution is 0.0764. The van der Waals surface area contributed by atoms with Crippen LogP contribution in [-0.4, -0.2) is 44.6 Å². The van der Waals surface area contributed by atoms with Crippen LogP contribution in [-0.2, 0) is 4.43 Å². The van der Waals surface area contributed by atoms with Crippen LogP contribution in [0, 0.1) is 5.82 Å². The number of likely N-dealkylation sites (tertiary alicyclic amines) is 1. The summed E-state index contributed by atoms with van der Waals surface area (Å²) in [5, 5.41) is 0.106. The van der Waals surface area contributed by atoms with Gasteiger partial charge in [0, 0.05) is 18.7 Å². The molecule has 2 rings (SSSR count). The summed E-state index contributed by atoms with van der Waals surface area (Å²) in [6, 6.07) is 3.84. The van der Waals surface area contributed by atoms with E-state index in [-0.39, 0.29) is 22.6 Å². The highest BCUT2D eigenvalue weighted by Gasteiger charge is 2.41. The summed E-state index contributed by atoms with van der Waals surface area (Å²) in [6.45, 7) is 11.9. The number of carbonyl (C=O) groups excluding carboxylic acids is 2. The van der Waals surface area contributed by atoms with E-state index in [9.17, 15) is 14.0 Å². The molecular formula is C18H26FNO3Si. The average Bonchev–Trinajstić information content (AvgIpc) is 2.93. The highest BCUT2D eigenvalue weighted by Crippen LogP contribution is 2.38. The summed E-state index contributed by atoms with van der Waals surface area (Å²) in [6.07, 6.45) is 1.36. The lowest BCUT2D eigenvalue weighted by Gasteiger charge is -2.38. The zero-order valence-corrected chi connectivity index (χ0v) is 16.1. The molecule has 1 aliphatic heterocycles. The quantitative estimate of drug-likeness (QED) is 0.611. The Morgan fingerprint density at radius 1 is 1.38 bits per heavy atom. The number of hydrogen-bond donors (Lipinski definition) is 0. The van der Waals surface area contributed by atoms with Crippen LogP contribution in [0.5, 0.6) is 0 Å². The van der Waals surface area contributed by atoms with E-state index < -0.39 is 14.1 Å². The Morgan fingerprint density at radius 2 is 2.04 bits per heavy atom. The normalized spacial score (nSPS) is 18.8. The first-order valence-corrected chi connectivity index (χ1v) is 11.2. The van der Waals surface area contributed by atoms with E-state index >= 15 is 0 Å². The molecular weight excluding hydrogens is 325 g/mol. The van der Waals surface area contributed by atoms with Gasteiger partial charge in [-0.15, -0.1) is 0 Å². The highest BCUT2D eigenvalue weighted by molar-refractivity contribution is 6.74. The number of rotatable bonds is 4. The highest BCUT2D eigenvalue weighted by atomic mass is 28.4. The van der Waals surface area contributed by atoms with E-state index in [4.69, 9.17) is 4.43 Å². The van der Waals surface area contributed by atoms with Crippen molar-refractivity contribution in [3.05, 3.63) is 35.1 Å². The number of nitrogens with zero attached hydrogens (tertiary/aromatic N) is 1. The topological polar surface area (TPSA) is 46.6 Å². The molecule has 1 heterocycles. The van der Waals surface area contributed by atoms with Gasteiger partial charge >= 0.3 is 0 Å². The van der Waals surface area contributed by atoms with Gasteiger partial charge in [-0.3, -0.25) is 9.59 Å². The predicted molar refractivity (Wildman–Crippen MR) is 94.4 cm³/mol. The van der Waals surface area contributed by atoms with Crippen molar-refractivity contribution in [2.75, 3.05) is 13.1 Å². The van der Waals surface area contributed by atoms with Gasteiger partial charge in [0.25, 0.3) is 5.91 Å². The zero-order chi connectivity index (χ0) is 18.1. The molecule has 6 heteroatoms. The van der Waals surface area contributed by atoms with E-state index in [1.807, 2.05) is 0 Å². The molecule has 24 heavy (non-hydrogen) atoms. The molecule has 1 amide bonds.